The van der Waals surface area contributed by atoms with Crippen molar-refractivity contribution in [3.63, 3.8) is 0 Å². The second-order valence-electron chi connectivity index (χ2n) is 7.69. The van der Waals surface area contributed by atoms with Crippen molar-refractivity contribution in [2.24, 2.45) is 11.8 Å². The molecule has 0 bridgehead atoms. The molecular formula is C24H24F2O4. The van der Waals surface area contributed by atoms with Crippen LogP contribution in [0.5, 0.6) is 0 Å². The molecule has 1 fully saturated rings. The highest BCUT2D eigenvalue weighted by molar-refractivity contribution is 5.87. The van der Waals surface area contributed by atoms with E-state index in [1.54, 1.807) is 30.3 Å². The number of rotatable bonds is 8. The van der Waals surface area contributed by atoms with E-state index in [2.05, 4.69) is 0 Å². The number of allylic oxidation sites excluding steroid dienone is 1. The Hall–Kier alpha value is -2.86. The van der Waals surface area contributed by atoms with E-state index in [0.717, 1.165) is 11.6 Å². The summed E-state index contributed by atoms with van der Waals surface area (Å²) in [4.78, 5) is 23.2. The molecule has 2 aromatic rings. The number of ketones is 1. The van der Waals surface area contributed by atoms with Crippen LogP contribution in [-0.4, -0.2) is 28.1 Å². The van der Waals surface area contributed by atoms with Gasteiger partial charge in [-0.25, -0.2) is 13.6 Å². The first kappa shape index (κ1) is 21.8. The van der Waals surface area contributed by atoms with Gasteiger partial charge < -0.3 is 10.2 Å². The number of carboxylic acid groups (broad SMARTS) is 1. The highest BCUT2D eigenvalue weighted by Crippen LogP contribution is 2.33. The zero-order valence-corrected chi connectivity index (χ0v) is 16.4. The van der Waals surface area contributed by atoms with Gasteiger partial charge in [0.2, 0.25) is 0 Å². The molecule has 2 N–H and O–H groups in total. The van der Waals surface area contributed by atoms with Gasteiger partial charge in [-0.15, -0.1) is 0 Å². The molecule has 2 aromatic carbocycles. The molecule has 0 radical (unpaired) electrons. The third kappa shape index (κ3) is 5.39. The van der Waals surface area contributed by atoms with Crippen LogP contribution >= 0.6 is 0 Å². The SMILES string of the molecule is O=C(O)c1ccc(CC[C@H]2C(=O)CC[C@@H]2C=CC(O)Cc2cccc(F)c2F)cc1. The summed E-state index contributed by atoms with van der Waals surface area (Å²) in [5.41, 5.74) is 1.29. The highest BCUT2D eigenvalue weighted by atomic mass is 19.2. The number of hydrogen-bond donors (Lipinski definition) is 2. The molecule has 1 aliphatic carbocycles. The van der Waals surface area contributed by atoms with Gasteiger partial charge >= 0.3 is 5.97 Å². The molecule has 1 aliphatic rings. The van der Waals surface area contributed by atoms with E-state index in [4.69, 9.17) is 5.11 Å². The van der Waals surface area contributed by atoms with Crippen molar-refractivity contribution < 1.29 is 28.6 Å². The minimum absolute atomic E-state index is 0.0113. The maximum atomic E-state index is 13.8. The predicted molar refractivity (Wildman–Crippen MR) is 108 cm³/mol. The molecule has 1 unspecified atom stereocenters. The minimum atomic E-state index is -0.977. The van der Waals surface area contributed by atoms with Crippen LogP contribution in [0.15, 0.2) is 54.6 Å². The number of benzene rings is 2. The van der Waals surface area contributed by atoms with Crippen molar-refractivity contribution in [2.75, 3.05) is 0 Å². The fourth-order valence-corrected chi connectivity index (χ4v) is 3.95. The summed E-state index contributed by atoms with van der Waals surface area (Å²) in [5, 5.41) is 19.2. The average Bonchev–Trinajstić information content (AvgIpc) is 3.08. The summed E-state index contributed by atoms with van der Waals surface area (Å²) < 4.78 is 27.1. The van der Waals surface area contributed by atoms with Crippen molar-refractivity contribution in [1.82, 2.24) is 0 Å². The number of hydrogen-bond acceptors (Lipinski definition) is 3. The number of carbonyl (C=O) groups excluding carboxylic acids is 1. The van der Waals surface area contributed by atoms with E-state index in [1.165, 1.54) is 12.1 Å². The lowest BCUT2D eigenvalue weighted by Gasteiger charge is -2.16. The topological polar surface area (TPSA) is 74.6 Å². The molecule has 30 heavy (non-hydrogen) atoms. The smallest absolute Gasteiger partial charge is 0.335 e. The predicted octanol–water partition coefficient (Wildman–Crippen LogP) is 4.35. The van der Waals surface area contributed by atoms with Crippen LogP contribution in [0.1, 0.15) is 40.7 Å². The fraction of sp³-hybridized carbons (Fsp3) is 0.333. The van der Waals surface area contributed by atoms with Crippen molar-refractivity contribution >= 4 is 11.8 Å². The first-order chi connectivity index (χ1) is 14.3. The van der Waals surface area contributed by atoms with Crippen molar-refractivity contribution in [3.8, 4) is 0 Å². The fourth-order valence-electron chi connectivity index (χ4n) is 3.95. The second-order valence-corrected chi connectivity index (χ2v) is 7.69. The number of carbonyl (C=O) groups is 2. The van der Waals surface area contributed by atoms with Crippen LogP contribution in [0.25, 0.3) is 0 Å². The Balaban J connectivity index is 1.58. The molecule has 0 aromatic heterocycles. The van der Waals surface area contributed by atoms with Crippen LogP contribution in [0.2, 0.25) is 0 Å². The maximum Gasteiger partial charge on any atom is 0.335 e. The third-order valence-electron chi connectivity index (χ3n) is 5.64. The average molecular weight is 414 g/mol. The number of carboxylic acids is 1. The van der Waals surface area contributed by atoms with Crippen LogP contribution in [0, 0.1) is 23.5 Å². The summed E-state index contributed by atoms with van der Waals surface area (Å²) in [6.45, 7) is 0. The van der Waals surface area contributed by atoms with Gasteiger partial charge in [0.25, 0.3) is 0 Å². The highest BCUT2D eigenvalue weighted by Gasteiger charge is 2.32. The Morgan fingerprint density at radius 3 is 2.60 bits per heavy atom. The summed E-state index contributed by atoms with van der Waals surface area (Å²) in [6.07, 6.45) is 4.81. The van der Waals surface area contributed by atoms with Crippen LogP contribution in [0.3, 0.4) is 0 Å². The van der Waals surface area contributed by atoms with Crippen molar-refractivity contribution in [2.45, 2.75) is 38.2 Å². The van der Waals surface area contributed by atoms with Crippen LogP contribution in [-0.2, 0) is 17.6 Å². The Morgan fingerprint density at radius 2 is 1.90 bits per heavy atom. The maximum absolute atomic E-state index is 13.8. The summed E-state index contributed by atoms with van der Waals surface area (Å²) in [7, 11) is 0. The van der Waals surface area contributed by atoms with Gasteiger partial charge in [-0.2, -0.15) is 0 Å². The van der Waals surface area contributed by atoms with E-state index in [9.17, 15) is 23.5 Å². The zero-order chi connectivity index (χ0) is 21.7. The Kier molecular flexibility index (Phi) is 7.11. The number of Topliss-reactive ketones (excluding diaryl/α,β-unsaturated/α-hetero) is 1. The Morgan fingerprint density at radius 1 is 1.17 bits per heavy atom. The summed E-state index contributed by atoms with van der Waals surface area (Å²) >= 11 is 0. The van der Waals surface area contributed by atoms with E-state index in [0.29, 0.717) is 25.7 Å². The lowest BCUT2D eigenvalue weighted by atomic mass is 9.88. The Labute approximate surface area is 173 Å². The van der Waals surface area contributed by atoms with Gasteiger partial charge in [0.15, 0.2) is 11.6 Å². The molecule has 3 atom stereocenters. The van der Waals surface area contributed by atoms with Gasteiger partial charge in [-0.3, -0.25) is 4.79 Å². The Bertz CT molecular complexity index is 937. The van der Waals surface area contributed by atoms with Gasteiger partial charge in [0.05, 0.1) is 11.7 Å². The van der Waals surface area contributed by atoms with E-state index in [1.807, 2.05) is 6.08 Å². The normalized spacial score (nSPS) is 20.0. The van der Waals surface area contributed by atoms with Gasteiger partial charge in [0, 0.05) is 18.8 Å². The van der Waals surface area contributed by atoms with Gasteiger partial charge in [0.1, 0.15) is 5.78 Å². The first-order valence-corrected chi connectivity index (χ1v) is 9.99. The monoisotopic (exact) mass is 414 g/mol. The lowest BCUT2D eigenvalue weighted by molar-refractivity contribution is -0.121. The van der Waals surface area contributed by atoms with Crippen molar-refractivity contribution in [3.05, 3.63) is 82.9 Å². The largest absolute Gasteiger partial charge is 0.478 e. The molecule has 0 spiro atoms. The quantitative estimate of drug-likeness (QED) is 0.630. The van der Waals surface area contributed by atoms with Gasteiger partial charge in [-0.1, -0.05) is 36.4 Å². The number of aryl methyl sites for hydroxylation is 1. The second kappa shape index (κ2) is 9.76. The molecule has 0 heterocycles. The zero-order valence-electron chi connectivity index (χ0n) is 16.4. The molecule has 158 valence electrons. The number of aliphatic hydroxyl groups is 1. The van der Waals surface area contributed by atoms with Gasteiger partial charge in [-0.05, 0) is 54.5 Å². The van der Waals surface area contributed by atoms with E-state index >= 15 is 0 Å². The number of aliphatic hydroxyl groups excluding tert-OH is 1. The number of aromatic carboxylic acids is 1. The minimum Gasteiger partial charge on any atom is -0.478 e. The first-order valence-electron chi connectivity index (χ1n) is 9.99. The molecule has 0 amide bonds. The van der Waals surface area contributed by atoms with E-state index in [-0.39, 0.29) is 35.2 Å². The van der Waals surface area contributed by atoms with Crippen LogP contribution < -0.4 is 0 Å². The van der Waals surface area contributed by atoms with E-state index < -0.39 is 23.7 Å². The molecule has 0 aliphatic heterocycles. The molecule has 1 saturated carbocycles. The lowest BCUT2D eigenvalue weighted by Crippen LogP contribution is -2.15. The third-order valence-corrected chi connectivity index (χ3v) is 5.64. The van der Waals surface area contributed by atoms with Crippen molar-refractivity contribution in [1.29, 1.82) is 0 Å². The molecule has 0 saturated heterocycles. The van der Waals surface area contributed by atoms with Crippen LogP contribution in [0.4, 0.5) is 8.78 Å². The standard InChI is InChI=1S/C24H24F2O4/c25-21-3-1-2-18(23(21)26)14-19(27)11-9-16-10-13-22(28)20(16)12-6-15-4-7-17(8-5-15)24(29)30/h1-5,7-9,11,16,19-20,27H,6,10,12-14H2,(H,29,30)/t16-,19?,20+/m0/s1. The molecule has 4 nitrogen and oxygen atoms in total. The molecule has 6 heteroatoms. The number of halogens is 2. The molecular weight excluding hydrogens is 390 g/mol. The molecule has 3 rings (SSSR count). The summed E-state index contributed by atoms with van der Waals surface area (Å²) in [5.74, 6) is -2.87. The summed E-state index contributed by atoms with van der Waals surface area (Å²) in [6, 6.07) is 10.5.